The third-order valence-electron chi connectivity index (χ3n) is 7.31. The summed E-state index contributed by atoms with van der Waals surface area (Å²) < 4.78 is 15.2. The van der Waals surface area contributed by atoms with Crippen molar-refractivity contribution in [1.29, 1.82) is 0 Å². The number of nitrogens with zero attached hydrogens (tertiary/aromatic N) is 4. The van der Waals surface area contributed by atoms with Crippen molar-refractivity contribution < 1.29 is 14.0 Å². The highest BCUT2D eigenvalue weighted by Gasteiger charge is 2.24. The number of ketones is 2. The fourth-order valence-corrected chi connectivity index (χ4v) is 5.05. The summed E-state index contributed by atoms with van der Waals surface area (Å²) in [5, 5.41) is 2.23. The molecule has 0 atom stereocenters. The van der Waals surface area contributed by atoms with Crippen LogP contribution >= 0.6 is 0 Å². The summed E-state index contributed by atoms with van der Waals surface area (Å²) in [6.45, 7) is 3.74. The molecule has 190 valence electrons. The van der Waals surface area contributed by atoms with Crippen molar-refractivity contribution in [2.75, 3.05) is 39.8 Å². The van der Waals surface area contributed by atoms with Gasteiger partial charge in [-0.3, -0.25) is 18.9 Å². The molecular formula is C31H27FN4O2. The first-order valence-corrected chi connectivity index (χ1v) is 12.7. The number of rotatable bonds is 6. The summed E-state index contributed by atoms with van der Waals surface area (Å²) in [6.07, 6.45) is 1.60. The molecule has 5 aromatic rings. The van der Waals surface area contributed by atoms with Crippen LogP contribution in [0.1, 0.15) is 26.4 Å². The summed E-state index contributed by atoms with van der Waals surface area (Å²) in [5.41, 5.74) is 3.44. The number of hydrogen-bond donors (Lipinski definition) is 0. The van der Waals surface area contributed by atoms with Crippen LogP contribution in [-0.2, 0) is 0 Å². The van der Waals surface area contributed by atoms with Crippen LogP contribution in [0.4, 0.5) is 4.39 Å². The maximum absolute atomic E-state index is 13.6. The molecule has 0 amide bonds. The Labute approximate surface area is 219 Å². The number of likely N-dealkylation sites (N-methyl/N-ethyl adjacent to an activating group) is 1. The molecule has 7 heteroatoms. The number of Topliss-reactive ketones (excluding diaryl/α,β-unsaturated/α-hetero) is 1. The van der Waals surface area contributed by atoms with Crippen LogP contribution in [0.2, 0.25) is 0 Å². The molecule has 1 aliphatic heterocycles. The van der Waals surface area contributed by atoms with Gasteiger partial charge in [0.25, 0.3) is 0 Å². The fraction of sp³-hybridized carbons (Fsp3) is 0.194. The number of hydrogen-bond acceptors (Lipinski definition) is 5. The molecule has 1 aliphatic rings. The van der Waals surface area contributed by atoms with Gasteiger partial charge < -0.3 is 4.90 Å². The lowest BCUT2D eigenvalue weighted by molar-refractivity contribution is 0.0878. The average molecular weight is 507 g/mol. The Bertz CT molecular complexity index is 1670. The van der Waals surface area contributed by atoms with Gasteiger partial charge in [-0.1, -0.05) is 36.4 Å². The molecule has 1 fully saturated rings. The second kappa shape index (κ2) is 9.93. The lowest BCUT2D eigenvalue weighted by Crippen LogP contribution is -2.46. The van der Waals surface area contributed by atoms with E-state index < -0.39 is 5.82 Å². The number of carbonyl (C=O) groups is 2. The molecule has 0 saturated carbocycles. The Morgan fingerprint density at radius 1 is 0.868 bits per heavy atom. The Balaban J connectivity index is 1.43. The molecule has 0 spiro atoms. The van der Waals surface area contributed by atoms with Crippen molar-refractivity contribution in [3.8, 4) is 11.3 Å². The molecule has 0 radical (unpaired) electrons. The second-order valence-electron chi connectivity index (χ2n) is 9.87. The lowest BCUT2D eigenvalue weighted by Gasteiger charge is -2.31. The molecule has 6 rings (SSSR count). The Hall–Kier alpha value is -4.20. The van der Waals surface area contributed by atoms with E-state index in [0.29, 0.717) is 22.3 Å². The van der Waals surface area contributed by atoms with Crippen molar-refractivity contribution >= 4 is 27.9 Å². The maximum Gasteiger partial charge on any atom is 0.209 e. The minimum atomic E-state index is -0.411. The number of fused-ring (bicyclic) bond motifs is 2. The molecule has 3 heterocycles. The van der Waals surface area contributed by atoms with E-state index in [1.807, 2.05) is 24.3 Å². The molecule has 0 bridgehead atoms. The molecule has 0 aliphatic carbocycles. The van der Waals surface area contributed by atoms with Gasteiger partial charge in [-0.2, -0.15) is 0 Å². The zero-order chi connectivity index (χ0) is 26.2. The first kappa shape index (κ1) is 24.2. The SMILES string of the molecule is CN1CCN(CC(=O)c2cc(C(=O)c3ccc(F)cc3)n3cnc(-c4ccc5ccccc5c4)cc23)CC1. The largest absolute Gasteiger partial charge is 0.304 e. The van der Waals surface area contributed by atoms with Gasteiger partial charge in [-0.15, -0.1) is 0 Å². The van der Waals surface area contributed by atoms with E-state index >= 15 is 0 Å². The minimum absolute atomic E-state index is 0.0409. The van der Waals surface area contributed by atoms with Crippen LogP contribution in [0.25, 0.3) is 27.5 Å². The zero-order valence-corrected chi connectivity index (χ0v) is 21.1. The van der Waals surface area contributed by atoms with Crippen LogP contribution in [0.5, 0.6) is 0 Å². The third kappa shape index (κ3) is 4.62. The summed E-state index contributed by atoms with van der Waals surface area (Å²) in [5.74, 6) is -0.744. The van der Waals surface area contributed by atoms with Gasteiger partial charge in [-0.25, -0.2) is 9.37 Å². The molecular weight excluding hydrogens is 479 g/mol. The van der Waals surface area contributed by atoms with E-state index in [0.717, 1.165) is 48.2 Å². The highest BCUT2D eigenvalue weighted by molar-refractivity contribution is 6.12. The monoisotopic (exact) mass is 506 g/mol. The van der Waals surface area contributed by atoms with Crippen molar-refractivity contribution in [2.24, 2.45) is 0 Å². The topological polar surface area (TPSA) is 57.9 Å². The molecule has 38 heavy (non-hydrogen) atoms. The maximum atomic E-state index is 13.6. The molecule has 1 saturated heterocycles. The third-order valence-corrected chi connectivity index (χ3v) is 7.31. The zero-order valence-electron chi connectivity index (χ0n) is 21.1. The molecule has 6 nitrogen and oxygen atoms in total. The molecule has 0 unspecified atom stereocenters. The van der Waals surface area contributed by atoms with E-state index in [1.165, 1.54) is 24.3 Å². The number of benzene rings is 3. The van der Waals surface area contributed by atoms with Crippen LogP contribution in [0, 0.1) is 5.82 Å². The van der Waals surface area contributed by atoms with Crippen LogP contribution in [-0.4, -0.2) is 70.5 Å². The number of halogens is 1. The quantitative estimate of drug-likeness (QED) is 0.305. The lowest BCUT2D eigenvalue weighted by atomic mass is 10.0. The standard InChI is InChI=1S/C31H27FN4O2/c1-34-12-14-35(15-13-34)19-30(37)26-17-29(31(38)22-8-10-25(32)11-9-22)36-20-33-27(18-28(26)36)24-7-6-21-4-2-3-5-23(21)16-24/h2-11,16-18,20H,12-15,19H2,1H3. The van der Waals surface area contributed by atoms with Gasteiger partial charge >= 0.3 is 0 Å². The van der Waals surface area contributed by atoms with Gasteiger partial charge in [0.05, 0.1) is 23.4 Å². The highest BCUT2D eigenvalue weighted by atomic mass is 19.1. The van der Waals surface area contributed by atoms with Crippen molar-refractivity contribution in [3.05, 3.63) is 108 Å². The highest BCUT2D eigenvalue weighted by Crippen LogP contribution is 2.27. The first-order valence-electron chi connectivity index (χ1n) is 12.7. The van der Waals surface area contributed by atoms with Crippen LogP contribution in [0.3, 0.4) is 0 Å². The van der Waals surface area contributed by atoms with E-state index in [2.05, 4.69) is 46.1 Å². The summed E-state index contributed by atoms with van der Waals surface area (Å²) in [6, 6.07) is 23.2. The van der Waals surface area contributed by atoms with E-state index in [9.17, 15) is 14.0 Å². The van der Waals surface area contributed by atoms with Crippen LogP contribution in [0.15, 0.2) is 85.2 Å². The summed E-state index contributed by atoms with van der Waals surface area (Å²) in [7, 11) is 2.08. The average Bonchev–Trinajstić information content (AvgIpc) is 3.33. The Morgan fingerprint density at radius 2 is 1.61 bits per heavy atom. The van der Waals surface area contributed by atoms with Gasteiger partial charge in [0.1, 0.15) is 12.1 Å². The fourth-order valence-electron chi connectivity index (χ4n) is 5.05. The Kier molecular flexibility index (Phi) is 6.31. The van der Waals surface area contributed by atoms with E-state index in [1.54, 1.807) is 16.8 Å². The van der Waals surface area contributed by atoms with Crippen molar-refractivity contribution in [3.63, 3.8) is 0 Å². The minimum Gasteiger partial charge on any atom is -0.304 e. The van der Waals surface area contributed by atoms with Gasteiger partial charge in [-0.05, 0) is 60.3 Å². The first-order chi connectivity index (χ1) is 18.5. The molecule has 2 aromatic heterocycles. The van der Waals surface area contributed by atoms with Crippen molar-refractivity contribution in [2.45, 2.75) is 0 Å². The Morgan fingerprint density at radius 3 is 2.37 bits per heavy atom. The summed E-state index contributed by atoms with van der Waals surface area (Å²) in [4.78, 5) is 36.1. The van der Waals surface area contributed by atoms with Gasteiger partial charge in [0.15, 0.2) is 5.78 Å². The van der Waals surface area contributed by atoms with Gasteiger partial charge in [0, 0.05) is 42.9 Å². The summed E-state index contributed by atoms with van der Waals surface area (Å²) >= 11 is 0. The van der Waals surface area contributed by atoms with Crippen molar-refractivity contribution in [1.82, 2.24) is 19.2 Å². The predicted octanol–water partition coefficient (Wildman–Crippen LogP) is 4.95. The smallest absolute Gasteiger partial charge is 0.209 e. The number of piperazine rings is 1. The van der Waals surface area contributed by atoms with E-state index in [-0.39, 0.29) is 18.1 Å². The number of aromatic nitrogens is 2. The van der Waals surface area contributed by atoms with Crippen LogP contribution < -0.4 is 0 Å². The molecule has 0 N–H and O–H groups in total. The van der Waals surface area contributed by atoms with Gasteiger partial charge in [0.2, 0.25) is 5.78 Å². The second-order valence-corrected chi connectivity index (χ2v) is 9.87. The number of carbonyl (C=O) groups excluding carboxylic acids is 2. The normalized spacial score (nSPS) is 14.8. The molecule has 3 aromatic carbocycles. The van der Waals surface area contributed by atoms with E-state index in [4.69, 9.17) is 0 Å². The predicted molar refractivity (Wildman–Crippen MR) is 146 cm³/mol.